The van der Waals surface area contributed by atoms with Crippen LogP contribution in [0.25, 0.3) is 0 Å². The fourth-order valence-corrected chi connectivity index (χ4v) is 1.38. The van der Waals surface area contributed by atoms with E-state index in [4.69, 9.17) is 9.47 Å². The first-order valence-electron chi connectivity index (χ1n) is 3.81. The van der Waals surface area contributed by atoms with Gasteiger partial charge in [-0.15, -0.1) is 0 Å². The number of rotatable bonds is 2. The monoisotopic (exact) mass is 144 g/mol. The number of ether oxygens (including phenoxy) is 2. The molecule has 1 unspecified atom stereocenters. The van der Waals surface area contributed by atoms with Crippen molar-refractivity contribution in [3.63, 3.8) is 0 Å². The summed E-state index contributed by atoms with van der Waals surface area (Å²) in [6.07, 6.45) is 2.63. The summed E-state index contributed by atoms with van der Waals surface area (Å²) in [5, 5.41) is 0. The maximum Gasteiger partial charge on any atom is 0.0816 e. The van der Waals surface area contributed by atoms with Gasteiger partial charge in [-0.1, -0.05) is 0 Å². The molecule has 0 radical (unpaired) electrons. The van der Waals surface area contributed by atoms with Crippen LogP contribution in [0.5, 0.6) is 0 Å². The van der Waals surface area contributed by atoms with E-state index in [0.717, 1.165) is 19.4 Å². The molecule has 0 spiro atoms. The van der Waals surface area contributed by atoms with Gasteiger partial charge in [-0.05, 0) is 26.7 Å². The molecule has 0 saturated carbocycles. The molecule has 10 heavy (non-hydrogen) atoms. The van der Waals surface area contributed by atoms with E-state index in [0.29, 0.717) is 6.10 Å². The Morgan fingerprint density at radius 3 is 2.70 bits per heavy atom. The summed E-state index contributed by atoms with van der Waals surface area (Å²) in [5.41, 5.74) is 0.0865. The second-order valence-electron chi connectivity index (χ2n) is 3.49. The van der Waals surface area contributed by atoms with E-state index in [9.17, 15) is 0 Å². The average molecular weight is 144 g/mol. The molecule has 2 heteroatoms. The van der Waals surface area contributed by atoms with Gasteiger partial charge in [0.05, 0.1) is 18.3 Å². The van der Waals surface area contributed by atoms with Crippen LogP contribution in [0.15, 0.2) is 0 Å². The summed E-state index contributed by atoms with van der Waals surface area (Å²) in [4.78, 5) is 0. The van der Waals surface area contributed by atoms with Gasteiger partial charge in [0.2, 0.25) is 0 Å². The predicted molar refractivity (Wildman–Crippen MR) is 40.1 cm³/mol. The van der Waals surface area contributed by atoms with Crippen LogP contribution < -0.4 is 0 Å². The van der Waals surface area contributed by atoms with Crippen molar-refractivity contribution in [2.45, 2.75) is 38.4 Å². The summed E-state index contributed by atoms with van der Waals surface area (Å²) in [5.74, 6) is 0. The maximum atomic E-state index is 5.66. The van der Waals surface area contributed by atoms with E-state index in [1.807, 2.05) is 0 Å². The van der Waals surface area contributed by atoms with Crippen LogP contribution in [0, 0.1) is 0 Å². The molecule has 2 nitrogen and oxygen atoms in total. The van der Waals surface area contributed by atoms with Gasteiger partial charge < -0.3 is 9.47 Å². The molecule has 0 bridgehead atoms. The van der Waals surface area contributed by atoms with Crippen molar-refractivity contribution in [1.29, 1.82) is 0 Å². The fourth-order valence-electron chi connectivity index (χ4n) is 1.38. The van der Waals surface area contributed by atoms with E-state index in [1.165, 1.54) is 0 Å². The second kappa shape index (κ2) is 2.89. The number of methoxy groups -OCH3 is 1. The van der Waals surface area contributed by atoms with Crippen molar-refractivity contribution in [3.05, 3.63) is 0 Å². The Kier molecular flexibility index (Phi) is 2.32. The molecule has 1 aliphatic rings. The number of hydrogen-bond donors (Lipinski definition) is 0. The van der Waals surface area contributed by atoms with Crippen LogP contribution in [0.3, 0.4) is 0 Å². The van der Waals surface area contributed by atoms with Crippen LogP contribution in [0.1, 0.15) is 26.7 Å². The molecule has 1 rings (SSSR count). The standard InChI is InChI=1S/C8H16O2/c1-8(2)5-4-7(10-8)6-9-3/h7H,4-6H2,1-3H3. The molecular formula is C8H16O2. The molecule has 0 aromatic heterocycles. The lowest BCUT2D eigenvalue weighted by Crippen LogP contribution is -2.22. The van der Waals surface area contributed by atoms with Gasteiger partial charge in [0.15, 0.2) is 0 Å². The summed E-state index contributed by atoms with van der Waals surface area (Å²) < 4.78 is 10.7. The van der Waals surface area contributed by atoms with Crippen LogP contribution >= 0.6 is 0 Å². The van der Waals surface area contributed by atoms with E-state index < -0.39 is 0 Å². The highest BCUT2D eigenvalue weighted by Gasteiger charge is 2.31. The maximum absolute atomic E-state index is 5.66. The smallest absolute Gasteiger partial charge is 0.0816 e. The first-order valence-corrected chi connectivity index (χ1v) is 3.81. The minimum absolute atomic E-state index is 0.0865. The van der Waals surface area contributed by atoms with Crippen molar-refractivity contribution in [3.8, 4) is 0 Å². The van der Waals surface area contributed by atoms with E-state index in [1.54, 1.807) is 7.11 Å². The normalized spacial score (nSPS) is 30.9. The van der Waals surface area contributed by atoms with Crippen molar-refractivity contribution >= 4 is 0 Å². The summed E-state index contributed by atoms with van der Waals surface area (Å²) in [6.45, 7) is 4.99. The van der Waals surface area contributed by atoms with E-state index in [2.05, 4.69) is 13.8 Å². The molecule has 1 heterocycles. The van der Waals surface area contributed by atoms with Gasteiger partial charge in [0.1, 0.15) is 0 Å². The van der Waals surface area contributed by atoms with Crippen molar-refractivity contribution < 1.29 is 9.47 Å². The highest BCUT2D eigenvalue weighted by Crippen LogP contribution is 2.29. The Morgan fingerprint density at radius 1 is 1.60 bits per heavy atom. The zero-order valence-corrected chi connectivity index (χ0v) is 7.02. The largest absolute Gasteiger partial charge is 0.382 e. The van der Waals surface area contributed by atoms with Crippen LogP contribution in [-0.4, -0.2) is 25.4 Å². The molecule has 60 valence electrons. The zero-order valence-electron chi connectivity index (χ0n) is 7.02. The molecule has 0 aromatic rings. The second-order valence-corrected chi connectivity index (χ2v) is 3.49. The lowest BCUT2D eigenvalue weighted by molar-refractivity contribution is -0.0449. The van der Waals surface area contributed by atoms with Gasteiger partial charge in [0.25, 0.3) is 0 Å². The van der Waals surface area contributed by atoms with Gasteiger partial charge in [-0.25, -0.2) is 0 Å². The Morgan fingerprint density at radius 2 is 2.30 bits per heavy atom. The van der Waals surface area contributed by atoms with Crippen molar-refractivity contribution in [1.82, 2.24) is 0 Å². The molecule has 0 amide bonds. The van der Waals surface area contributed by atoms with Crippen LogP contribution in [-0.2, 0) is 9.47 Å². The quantitative estimate of drug-likeness (QED) is 0.586. The summed E-state index contributed by atoms with van der Waals surface area (Å²) >= 11 is 0. The van der Waals surface area contributed by atoms with Crippen molar-refractivity contribution in [2.75, 3.05) is 13.7 Å². The summed E-state index contributed by atoms with van der Waals surface area (Å²) in [7, 11) is 1.72. The highest BCUT2D eigenvalue weighted by atomic mass is 16.5. The third kappa shape index (κ3) is 1.96. The van der Waals surface area contributed by atoms with Gasteiger partial charge in [-0.2, -0.15) is 0 Å². The first-order chi connectivity index (χ1) is 4.64. The lowest BCUT2D eigenvalue weighted by atomic mass is 10.1. The SMILES string of the molecule is COCC1CCC(C)(C)O1. The minimum Gasteiger partial charge on any atom is -0.382 e. The Labute approximate surface area is 62.5 Å². The topological polar surface area (TPSA) is 18.5 Å². The fraction of sp³-hybridized carbons (Fsp3) is 1.00. The van der Waals surface area contributed by atoms with Crippen LogP contribution in [0.2, 0.25) is 0 Å². The highest BCUT2D eigenvalue weighted by molar-refractivity contribution is 4.80. The molecule has 1 aliphatic heterocycles. The van der Waals surface area contributed by atoms with Gasteiger partial charge >= 0.3 is 0 Å². The molecule has 0 aliphatic carbocycles. The molecular weight excluding hydrogens is 128 g/mol. The zero-order chi connectivity index (χ0) is 7.61. The Balaban J connectivity index is 2.29. The molecule has 0 N–H and O–H groups in total. The molecule has 0 aromatic carbocycles. The molecule has 1 fully saturated rings. The van der Waals surface area contributed by atoms with Gasteiger partial charge in [-0.3, -0.25) is 0 Å². The predicted octanol–water partition coefficient (Wildman–Crippen LogP) is 1.59. The average Bonchev–Trinajstić information content (AvgIpc) is 2.12. The minimum atomic E-state index is 0.0865. The first kappa shape index (κ1) is 8.02. The lowest BCUT2D eigenvalue weighted by Gasteiger charge is -2.18. The number of hydrogen-bond acceptors (Lipinski definition) is 2. The van der Waals surface area contributed by atoms with Crippen molar-refractivity contribution in [2.24, 2.45) is 0 Å². The molecule has 1 atom stereocenters. The Bertz CT molecular complexity index is 110. The van der Waals surface area contributed by atoms with E-state index in [-0.39, 0.29) is 5.60 Å². The summed E-state index contributed by atoms with van der Waals surface area (Å²) in [6, 6.07) is 0. The Hall–Kier alpha value is -0.0800. The van der Waals surface area contributed by atoms with Gasteiger partial charge in [0, 0.05) is 7.11 Å². The third-order valence-corrected chi connectivity index (χ3v) is 1.91. The van der Waals surface area contributed by atoms with E-state index >= 15 is 0 Å². The molecule has 1 saturated heterocycles. The van der Waals surface area contributed by atoms with Crippen LogP contribution in [0.4, 0.5) is 0 Å². The third-order valence-electron chi connectivity index (χ3n) is 1.91.